The van der Waals surface area contributed by atoms with Crippen LogP contribution in [0.25, 0.3) is 6.08 Å². The molecule has 0 bridgehead atoms. The maximum absolute atomic E-state index is 12.0. The molecule has 0 spiro atoms. The summed E-state index contributed by atoms with van der Waals surface area (Å²) in [6, 6.07) is 13.4. The van der Waals surface area contributed by atoms with Crippen molar-refractivity contribution in [2.45, 2.75) is 25.8 Å². The van der Waals surface area contributed by atoms with E-state index in [2.05, 4.69) is 17.4 Å². The smallest absolute Gasteiger partial charge is 0.331 e. The minimum atomic E-state index is -0.624. The molecule has 2 rings (SSSR count). The lowest BCUT2D eigenvalue weighted by atomic mass is 10.1. The third kappa shape index (κ3) is 7.70. The molecule has 0 saturated carbocycles. The molecule has 0 aliphatic carbocycles. The van der Waals surface area contributed by atoms with Crippen LogP contribution in [-0.4, -0.2) is 45.9 Å². The SMILES string of the molecule is COc1cc(/C=C/C(=O)OCC(=O)N[C@H](C)CCc2ccccc2)cc(OC)c1OC. The molecule has 7 nitrogen and oxygen atoms in total. The fourth-order valence-electron chi connectivity index (χ4n) is 2.96. The van der Waals surface area contributed by atoms with Gasteiger partial charge in [-0.2, -0.15) is 0 Å². The van der Waals surface area contributed by atoms with Crippen LogP contribution in [-0.2, 0) is 20.7 Å². The molecule has 31 heavy (non-hydrogen) atoms. The lowest BCUT2D eigenvalue weighted by Gasteiger charge is -2.14. The summed E-state index contributed by atoms with van der Waals surface area (Å²) in [7, 11) is 4.54. The van der Waals surface area contributed by atoms with E-state index in [0.717, 1.165) is 12.8 Å². The Morgan fingerprint density at radius 3 is 2.23 bits per heavy atom. The van der Waals surface area contributed by atoms with Crippen molar-refractivity contribution in [1.82, 2.24) is 5.32 Å². The minimum Gasteiger partial charge on any atom is -0.493 e. The summed E-state index contributed by atoms with van der Waals surface area (Å²) in [5, 5.41) is 2.83. The maximum Gasteiger partial charge on any atom is 0.331 e. The third-order valence-corrected chi connectivity index (χ3v) is 4.56. The van der Waals surface area contributed by atoms with Crippen molar-refractivity contribution in [3.63, 3.8) is 0 Å². The molecule has 0 unspecified atom stereocenters. The minimum absolute atomic E-state index is 0.0267. The van der Waals surface area contributed by atoms with Crippen LogP contribution >= 0.6 is 0 Å². The Morgan fingerprint density at radius 2 is 1.65 bits per heavy atom. The highest BCUT2D eigenvalue weighted by Crippen LogP contribution is 2.38. The Morgan fingerprint density at radius 1 is 1.00 bits per heavy atom. The second kappa shape index (κ2) is 12.3. The van der Waals surface area contributed by atoms with E-state index in [1.165, 1.54) is 33.0 Å². The molecule has 0 fully saturated rings. The molecule has 7 heteroatoms. The van der Waals surface area contributed by atoms with Crippen LogP contribution in [0, 0.1) is 0 Å². The molecule has 2 aromatic rings. The summed E-state index contributed by atoms with van der Waals surface area (Å²) < 4.78 is 20.9. The van der Waals surface area contributed by atoms with Gasteiger partial charge in [0.25, 0.3) is 5.91 Å². The van der Waals surface area contributed by atoms with Crippen LogP contribution in [0.4, 0.5) is 0 Å². The fraction of sp³-hybridized carbons (Fsp3) is 0.333. The van der Waals surface area contributed by atoms with Gasteiger partial charge in [0.15, 0.2) is 18.1 Å². The molecule has 0 aromatic heterocycles. The molecule has 1 N–H and O–H groups in total. The Balaban J connectivity index is 1.81. The third-order valence-electron chi connectivity index (χ3n) is 4.56. The Hall–Kier alpha value is -3.48. The second-order valence-corrected chi connectivity index (χ2v) is 6.89. The number of esters is 1. The monoisotopic (exact) mass is 427 g/mol. The molecule has 1 atom stereocenters. The van der Waals surface area contributed by atoms with Crippen molar-refractivity contribution in [3.05, 3.63) is 59.7 Å². The second-order valence-electron chi connectivity index (χ2n) is 6.89. The molecular formula is C24H29NO6. The lowest BCUT2D eigenvalue weighted by molar-refractivity contribution is -0.144. The molecule has 0 aliphatic heterocycles. The number of hydrogen-bond acceptors (Lipinski definition) is 6. The number of nitrogens with one attached hydrogen (secondary N) is 1. The molecule has 0 radical (unpaired) electrons. The van der Waals surface area contributed by atoms with E-state index in [0.29, 0.717) is 22.8 Å². The molecular weight excluding hydrogens is 398 g/mol. The summed E-state index contributed by atoms with van der Waals surface area (Å²) in [6.45, 7) is 1.58. The number of hydrogen-bond donors (Lipinski definition) is 1. The number of ether oxygens (including phenoxy) is 4. The van der Waals surface area contributed by atoms with Crippen molar-refractivity contribution in [2.24, 2.45) is 0 Å². The van der Waals surface area contributed by atoms with Crippen LogP contribution in [0.2, 0.25) is 0 Å². The van der Waals surface area contributed by atoms with E-state index in [1.54, 1.807) is 18.2 Å². The van der Waals surface area contributed by atoms with Crippen molar-refractivity contribution >= 4 is 18.0 Å². The van der Waals surface area contributed by atoms with Gasteiger partial charge >= 0.3 is 5.97 Å². The van der Waals surface area contributed by atoms with Crippen molar-refractivity contribution in [2.75, 3.05) is 27.9 Å². The number of aryl methyl sites for hydroxylation is 1. The number of rotatable bonds is 11. The summed E-state index contributed by atoms with van der Waals surface area (Å²) in [4.78, 5) is 24.0. The van der Waals surface area contributed by atoms with Crippen molar-refractivity contribution in [1.29, 1.82) is 0 Å². The zero-order valence-corrected chi connectivity index (χ0v) is 18.3. The normalized spacial score (nSPS) is 11.6. The van der Waals surface area contributed by atoms with Crippen LogP contribution in [0.1, 0.15) is 24.5 Å². The van der Waals surface area contributed by atoms with Gasteiger partial charge in [0.2, 0.25) is 5.75 Å². The first-order valence-electron chi connectivity index (χ1n) is 9.95. The first kappa shape index (κ1) is 23.8. The average molecular weight is 427 g/mol. The first-order chi connectivity index (χ1) is 15.0. The maximum atomic E-state index is 12.0. The van der Waals surface area contributed by atoms with Crippen molar-refractivity contribution < 1.29 is 28.5 Å². The molecule has 1 amide bonds. The van der Waals surface area contributed by atoms with Crippen LogP contribution in [0.5, 0.6) is 17.2 Å². The van der Waals surface area contributed by atoms with Crippen LogP contribution in [0.15, 0.2) is 48.5 Å². The van der Waals surface area contributed by atoms with E-state index < -0.39 is 5.97 Å². The van der Waals surface area contributed by atoms with Gasteiger partial charge in [-0.25, -0.2) is 4.79 Å². The lowest BCUT2D eigenvalue weighted by Crippen LogP contribution is -2.36. The van der Waals surface area contributed by atoms with Crippen LogP contribution in [0.3, 0.4) is 0 Å². The van der Waals surface area contributed by atoms with Gasteiger partial charge in [-0.05, 0) is 49.1 Å². The zero-order chi connectivity index (χ0) is 22.6. The highest BCUT2D eigenvalue weighted by atomic mass is 16.5. The van der Waals surface area contributed by atoms with Gasteiger partial charge in [0.05, 0.1) is 21.3 Å². The molecule has 2 aromatic carbocycles. The quantitative estimate of drug-likeness (QED) is 0.437. The van der Waals surface area contributed by atoms with Gasteiger partial charge in [0, 0.05) is 12.1 Å². The average Bonchev–Trinajstić information content (AvgIpc) is 2.79. The Kier molecular flexibility index (Phi) is 9.42. The Labute approximate surface area is 183 Å². The van der Waals surface area contributed by atoms with Crippen molar-refractivity contribution in [3.8, 4) is 17.2 Å². The molecule has 0 heterocycles. The molecule has 0 aliphatic rings. The van der Waals surface area contributed by atoms with E-state index in [4.69, 9.17) is 18.9 Å². The number of methoxy groups -OCH3 is 3. The Bertz CT molecular complexity index is 869. The van der Waals surface area contributed by atoms with E-state index in [9.17, 15) is 9.59 Å². The summed E-state index contributed by atoms with van der Waals surface area (Å²) in [6.07, 6.45) is 4.45. The molecule has 166 valence electrons. The van der Waals surface area contributed by atoms with E-state index >= 15 is 0 Å². The first-order valence-corrected chi connectivity index (χ1v) is 9.95. The van der Waals surface area contributed by atoms with Gasteiger partial charge in [0.1, 0.15) is 0 Å². The number of amides is 1. The highest BCUT2D eigenvalue weighted by Gasteiger charge is 2.13. The van der Waals surface area contributed by atoms with E-state index in [-0.39, 0.29) is 18.6 Å². The van der Waals surface area contributed by atoms with Gasteiger partial charge < -0.3 is 24.3 Å². The number of carbonyl (C=O) groups is 2. The predicted octanol–water partition coefficient (Wildman–Crippen LogP) is 3.41. The highest BCUT2D eigenvalue weighted by molar-refractivity contribution is 5.89. The molecule has 0 saturated heterocycles. The number of benzene rings is 2. The topological polar surface area (TPSA) is 83.1 Å². The summed E-state index contributed by atoms with van der Waals surface area (Å²) in [5.41, 5.74) is 1.87. The number of carbonyl (C=O) groups excluding carboxylic acids is 2. The largest absolute Gasteiger partial charge is 0.493 e. The summed E-state index contributed by atoms with van der Waals surface area (Å²) >= 11 is 0. The predicted molar refractivity (Wildman–Crippen MR) is 118 cm³/mol. The zero-order valence-electron chi connectivity index (χ0n) is 18.3. The van der Waals surface area contributed by atoms with Gasteiger partial charge in [-0.1, -0.05) is 30.3 Å². The van der Waals surface area contributed by atoms with Crippen LogP contribution < -0.4 is 19.5 Å². The van der Waals surface area contributed by atoms with E-state index in [1.807, 2.05) is 25.1 Å². The van der Waals surface area contributed by atoms with Gasteiger partial charge in [-0.3, -0.25) is 4.79 Å². The van der Waals surface area contributed by atoms with Gasteiger partial charge in [-0.15, -0.1) is 0 Å². The summed E-state index contributed by atoms with van der Waals surface area (Å²) in [5.74, 6) is 0.441. The standard InChI is InChI=1S/C24H29NO6/c1-17(10-11-18-8-6-5-7-9-18)25-22(26)16-31-23(27)13-12-19-14-20(28-2)24(30-4)21(15-19)29-3/h5-9,12-15,17H,10-11,16H2,1-4H3,(H,25,26)/b13-12+/t17-/m1/s1. The fourth-order valence-corrected chi connectivity index (χ4v) is 2.96.